The Balaban J connectivity index is 1.67. The fraction of sp³-hybridized carbons (Fsp3) is 0.692. The van der Waals surface area contributed by atoms with Gasteiger partial charge in [-0.25, -0.2) is 0 Å². The number of carbonyl (C=O) groups excluding carboxylic acids is 1. The number of Topliss-reactive ketones (excluding diaryl/α,β-unsaturated/α-hetero) is 1. The van der Waals surface area contributed by atoms with Gasteiger partial charge in [-0.2, -0.15) is 0 Å². The zero-order chi connectivity index (χ0) is 22.4. The quantitative estimate of drug-likeness (QED) is 0.399. The molecule has 0 aliphatic heterocycles. The first-order valence-electron chi connectivity index (χ1n) is 12.1. The van der Waals surface area contributed by atoms with E-state index in [1.807, 2.05) is 24.3 Å². The Kier molecular flexibility index (Phi) is 8.29. The smallest absolute Gasteiger partial charge is 0.303 e. The normalized spacial score (nSPS) is 25.9. The number of ketones is 1. The van der Waals surface area contributed by atoms with Gasteiger partial charge in [-0.05, 0) is 43.2 Å². The van der Waals surface area contributed by atoms with Crippen LogP contribution in [0.1, 0.15) is 107 Å². The van der Waals surface area contributed by atoms with Crippen LogP contribution >= 0.6 is 0 Å². The van der Waals surface area contributed by atoms with Gasteiger partial charge in [0.2, 0.25) is 0 Å². The molecule has 1 aromatic rings. The van der Waals surface area contributed by atoms with Crippen molar-refractivity contribution in [3.63, 3.8) is 0 Å². The minimum atomic E-state index is -0.765. The van der Waals surface area contributed by atoms with Gasteiger partial charge in [0, 0.05) is 30.1 Å². The third kappa shape index (κ3) is 5.56. The lowest BCUT2D eigenvalue weighted by molar-refractivity contribution is -0.137. The second kappa shape index (κ2) is 10.7. The highest BCUT2D eigenvalue weighted by molar-refractivity contribution is 5.85. The molecule has 5 nitrogen and oxygen atoms in total. The van der Waals surface area contributed by atoms with Gasteiger partial charge >= 0.3 is 5.97 Å². The molecule has 1 aromatic carbocycles. The van der Waals surface area contributed by atoms with Gasteiger partial charge in [-0.3, -0.25) is 9.59 Å². The molecule has 172 valence electrons. The van der Waals surface area contributed by atoms with Crippen LogP contribution in [0.4, 0.5) is 0 Å². The lowest BCUT2D eigenvalue weighted by Gasteiger charge is -2.46. The molecule has 0 radical (unpaired) electrons. The molecule has 3 rings (SSSR count). The average molecular weight is 431 g/mol. The molecule has 31 heavy (non-hydrogen) atoms. The minimum absolute atomic E-state index is 0.0210. The van der Waals surface area contributed by atoms with E-state index in [0.717, 1.165) is 62.5 Å². The molecular weight excluding hydrogens is 392 g/mol. The number of aliphatic hydroxyl groups is 2. The van der Waals surface area contributed by atoms with Crippen LogP contribution in [0.5, 0.6) is 0 Å². The number of rotatable bonds is 12. The van der Waals surface area contributed by atoms with Crippen LogP contribution in [0, 0.1) is 11.3 Å². The summed E-state index contributed by atoms with van der Waals surface area (Å²) in [5, 5.41) is 30.6. The zero-order valence-corrected chi connectivity index (χ0v) is 18.8. The Morgan fingerprint density at radius 1 is 1.19 bits per heavy atom. The van der Waals surface area contributed by atoms with Crippen LogP contribution in [-0.4, -0.2) is 33.2 Å². The summed E-state index contributed by atoms with van der Waals surface area (Å²) in [5.41, 5.74) is 1.84. The predicted molar refractivity (Wildman–Crippen MR) is 120 cm³/mol. The van der Waals surface area contributed by atoms with Crippen molar-refractivity contribution in [3.05, 3.63) is 35.4 Å². The fourth-order valence-corrected chi connectivity index (χ4v) is 5.82. The molecule has 3 N–H and O–H groups in total. The predicted octanol–water partition coefficient (Wildman–Crippen LogP) is 5.15. The van der Waals surface area contributed by atoms with Gasteiger partial charge in [0.1, 0.15) is 5.78 Å². The number of aliphatic carboxylic acids is 1. The first-order chi connectivity index (χ1) is 14.9. The Morgan fingerprint density at radius 3 is 2.58 bits per heavy atom. The molecule has 0 bridgehead atoms. The second-order valence-electron chi connectivity index (χ2n) is 9.76. The molecule has 0 aromatic heterocycles. The van der Waals surface area contributed by atoms with Gasteiger partial charge in [-0.15, -0.1) is 0 Å². The summed E-state index contributed by atoms with van der Waals surface area (Å²) >= 11 is 0. The number of hydrogen-bond donors (Lipinski definition) is 3. The zero-order valence-electron chi connectivity index (χ0n) is 18.8. The van der Waals surface area contributed by atoms with Crippen LogP contribution in [0.25, 0.3) is 0 Å². The van der Waals surface area contributed by atoms with Gasteiger partial charge in [0.05, 0.1) is 12.2 Å². The van der Waals surface area contributed by atoms with Gasteiger partial charge in [0.25, 0.3) is 0 Å². The lowest BCUT2D eigenvalue weighted by atomic mass is 9.61. The second-order valence-corrected chi connectivity index (χ2v) is 9.76. The van der Waals surface area contributed by atoms with E-state index in [0.29, 0.717) is 6.42 Å². The van der Waals surface area contributed by atoms with Crippen LogP contribution in [0.3, 0.4) is 0 Å². The van der Waals surface area contributed by atoms with Crippen LogP contribution in [0.15, 0.2) is 24.3 Å². The van der Waals surface area contributed by atoms with E-state index >= 15 is 0 Å². The summed E-state index contributed by atoms with van der Waals surface area (Å²) in [6.45, 7) is 2.16. The molecule has 4 atom stereocenters. The maximum Gasteiger partial charge on any atom is 0.303 e. The van der Waals surface area contributed by atoms with Gasteiger partial charge < -0.3 is 15.3 Å². The molecule has 2 saturated carbocycles. The van der Waals surface area contributed by atoms with E-state index in [4.69, 9.17) is 5.11 Å². The maximum atomic E-state index is 12.6. The molecule has 0 saturated heterocycles. The number of carboxylic acid groups (broad SMARTS) is 1. The summed E-state index contributed by atoms with van der Waals surface area (Å²) in [6.07, 6.45) is 8.58. The number of aliphatic hydroxyl groups excluding tert-OH is 2. The molecule has 2 fully saturated rings. The van der Waals surface area contributed by atoms with Crippen molar-refractivity contribution in [2.75, 3.05) is 0 Å². The molecule has 0 heterocycles. The van der Waals surface area contributed by atoms with E-state index in [9.17, 15) is 19.8 Å². The van der Waals surface area contributed by atoms with Crippen molar-refractivity contribution >= 4 is 11.8 Å². The largest absolute Gasteiger partial charge is 0.481 e. The van der Waals surface area contributed by atoms with E-state index in [-0.39, 0.29) is 35.9 Å². The van der Waals surface area contributed by atoms with Crippen LogP contribution in [0.2, 0.25) is 0 Å². The van der Waals surface area contributed by atoms with E-state index in [1.165, 1.54) is 6.42 Å². The van der Waals surface area contributed by atoms with Crippen LogP contribution < -0.4 is 0 Å². The summed E-state index contributed by atoms with van der Waals surface area (Å²) in [6, 6.07) is 7.93. The monoisotopic (exact) mass is 430 g/mol. The third-order valence-electron chi connectivity index (χ3n) is 7.62. The maximum absolute atomic E-state index is 12.6. The molecule has 0 amide bonds. The highest BCUT2D eigenvalue weighted by atomic mass is 16.4. The Morgan fingerprint density at radius 2 is 1.94 bits per heavy atom. The summed E-state index contributed by atoms with van der Waals surface area (Å²) < 4.78 is 0. The minimum Gasteiger partial charge on any atom is -0.481 e. The van der Waals surface area contributed by atoms with Crippen molar-refractivity contribution in [1.29, 1.82) is 0 Å². The number of carboxylic acids is 1. The van der Waals surface area contributed by atoms with Crippen molar-refractivity contribution in [2.45, 2.75) is 102 Å². The number of hydrogen-bond acceptors (Lipinski definition) is 4. The number of carbonyl (C=O) groups is 2. The molecule has 5 heteroatoms. The lowest BCUT2D eigenvalue weighted by Crippen LogP contribution is -2.36. The number of unbranched alkanes of at least 4 members (excludes halogenated alkanes) is 3. The third-order valence-corrected chi connectivity index (χ3v) is 7.62. The van der Waals surface area contributed by atoms with E-state index < -0.39 is 18.2 Å². The fourth-order valence-electron chi connectivity index (χ4n) is 5.82. The first kappa shape index (κ1) is 23.9. The average Bonchev–Trinajstić information content (AvgIpc) is 2.99. The van der Waals surface area contributed by atoms with Crippen molar-refractivity contribution in [3.8, 4) is 0 Å². The van der Waals surface area contributed by atoms with E-state index in [1.54, 1.807) is 0 Å². The standard InChI is InChI=1S/C26H38O5/c1-2-13-26(14-8-15-26)25(31)19-10-7-9-18(16-19)24-20(21(27)17-22(24)28)11-5-3-4-6-12-23(29)30/h7,9-10,16,20,22,24-25,28,31H,2-6,8,11-15,17H2,1H3,(H,29,30). The summed E-state index contributed by atoms with van der Waals surface area (Å²) in [7, 11) is 0. The molecule has 0 spiro atoms. The Hall–Kier alpha value is -1.72. The summed E-state index contributed by atoms with van der Waals surface area (Å²) in [4.78, 5) is 23.2. The summed E-state index contributed by atoms with van der Waals surface area (Å²) in [5.74, 6) is -1.06. The SMILES string of the molecule is CCCC1(C(O)c2cccc(C3C(O)CC(=O)C3CCCCCCC(=O)O)c2)CCC1. The van der Waals surface area contributed by atoms with Crippen molar-refractivity contribution in [1.82, 2.24) is 0 Å². The topological polar surface area (TPSA) is 94.8 Å². The Labute approximate surface area is 185 Å². The molecule has 4 unspecified atom stereocenters. The molecule has 2 aliphatic rings. The van der Waals surface area contributed by atoms with Gasteiger partial charge in [-0.1, -0.05) is 63.3 Å². The molecule has 2 aliphatic carbocycles. The Bertz CT molecular complexity index is 754. The highest BCUT2D eigenvalue weighted by Crippen LogP contribution is 2.53. The first-order valence-corrected chi connectivity index (χ1v) is 12.1. The molecular formula is C26H38O5. The van der Waals surface area contributed by atoms with Crippen molar-refractivity contribution in [2.24, 2.45) is 11.3 Å². The van der Waals surface area contributed by atoms with Gasteiger partial charge in [0.15, 0.2) is 0 Å². The van der Waals surface area contributed by atoms with Crippen molar-refractivity contribution < 1.29 is 24.9 Å². The van der Waals surface area contributed by atoms with E-state index in [2.05, 4.69) is 6.92 Å². The van der Waals surface area contributed by atoms with Crippen LogP contribution in [-0.2, 0) is 9.59 Å². The number of benzene rings is 1. The highest BCUT2D eigenvalue weighted by Gasteiger charge is 2.44.